The molecule has 0 aliphatic carbocycles. The monoisotopic (exact) mass is 294 g/mol. The number of hydrogen-bond acceptors (Lipinski definition) is 3. The molecule has 0 saturated carbocycles. The standard InChI is InChI=1S/C11H11BrN4O/c1-7-3-4-8(9(12)5-7)10(17)15-11-13-6-14-16(11)2/h3-6H,1-2H3,(H,13,14,15,17). The fourth-order valence-electron chi connectivity index (χ4n) is 1.38. The molecule has 1 amide bonds. The van der Waals surface area contributed by atoms with E-state index in [4.69, 9.17) is 0 Å². The Hall–Kier alpha value is -1.69. The number of benzene rings is 1. The summed E-state index contributed by atoms with van der Waals surface area (Å²) in [6.45, 7) is 1.97. The molecule has 0 spiro atoms. The Morgan fingerprint density at radius 2 is 2.24 bits per heavy atom. The van der Waals surface area contributed by atoms with Crippen LogP contribution in [0.4, 0.5) is 5.95 Å². The van der Waals surface area contributed by atoms with Crippen molar-refractivity contribution in [1.82, 2.24) is 14.8 Å². The highest BCUT2D eigenvalue weighted by Crippen LogP contribution is 2.19. The molecular weight excluding hydrogens is 284 g/mol. The van der Waals surface area contributed by atoms with Crippen LogP contribution in [0.2, 0.25) is 0 Å². The Kier molecular flexibility index (Phi) is 3.23. The number of carbonyl (C=O) groups excluding carboxylic acids is 1. The van der Waals surface area contributed by atoms with Crippen molar-refractivity contribution in [2.24, 2.45) is 7.05 Å². The predicted octanol–water partition coefficient (Wildman–Crippen LogP) is 2.14. The van der Waals surface area contributed by atoms with Gasteiger partial charge in [-0.25, -0.2) is 4.68 Å². The summed E-state index contributed by atoms with van der Waals surface area (Å²) >= 11 is 3.37. The number of aromatic nitrogens is 3. The molecule has 2 rings (SSSR count). The van der Waals surface area contributed by atoms with Gasteiger partial charge in [0.2, 0.25) is 5.95 Å². The minimum atomic E-state index is -0.215. The summed E-state index contributed by atoms with van der Waals surface area (Å²) in [5, 5.41) is 6.57. The number of aryl methyl sites for hydroxylation is 2. The molecular formula is C11H11BrN4O. The van der Waals surface area contributed by atoms with Gasteiger partial charge in [0.25, 0.3) is 5.91 Å². The van der Waals surface area contributed by atoms with Crippen LogP contribution in [-0.4, -0.2) is 20.7 Å². The van der Waals surface area contributed by atoms with Gasteiger partial charge in [-0.3, -0.25) is 10.1 Å². The van der Waals surface area contributed by atoms with Gasteiger partial charge in [-0.1, -0.05) is 6.07 Å². The summed E-state index contributed by atoms with van der Waals surface area (Å²) in [6.07, 6.45) is 1.39. The number of nitrogens with zero attached hydrogens (tertiary/aromatic N) is 3. The summed E-state index contributed by atoms with van der Waals surface area (Å²) in [4.78, 5) is 15.9. The Morgan fingerprint density at radius 3 is 2.82 bits per heavy atom. The van der Waals surface area contributed by atoms with E-state index in [2.05, 4.69) is 31.3 Å². The van der Waals surface area contributed by atoms with Crippen LogP contribution in [-0.2, 0) is 7.05 Å². The molecule has 2 aromatic rings. The largest absolute Gasteiger partial charge is 0.291 e. The van der Waals surface area contributed by atoms with E-state index in [1.54, 1.807) is 13.1 Å². The first-order chi connectivity index (χ1) is 8.08. The Bertz CT molecular complexity index is 564. The zero-order valence-corrected chi connectivity index (χ0v) is 11.0. The summed E-state index contributed by atoms with van der Waals surface area (Å²) in [5.41, 5.74) is 1.66. The van der Waals surface area contributed by atoms with Gasteiger partial charge in [0.1, 0.15) is 6.33 Å². The van der Waals surface area contributed by atoms with Crippen molar-refractivity contribution in [2.75, 3.05) is 5.32 Å². The third-order valence-corrected chi connectivity index (χ3v) is 2.96. The van der Waals surface area contributed by atoms with Crippen LogP contribution in [0.3, 0.4) is 0 Å². The van der Waals surface area contributed by atoms with Gasteiger partial charge >= 0.3 is 0 Å². The first-order valence-corrected chi connectivity index (χ1v) is 5.78. The quantitative estimate of drug-likeness (QED) is 0.923. The number of rotatable bonds is 2. The number of nitrogens with one attached hydrogen (secondary N) is 1. The molecule has 0 atom stereocenters. The predicted molar refractivity (Wildman–Crippen MR) is 67.8 cm³/mol. The van der Waals surface area contributed by atoms with E-state index in [1.165, 1.54) is 11.0 Å². The fourth-order valence-corrected chi connectivity index (χ4v) is 2.06. The van der Waals surface area contributed by atoms with Crippen molar-refractivity contribution in [3.8, 4) is 0 Å². The van der Waals surface area contributed by atoms with Gasteiger partial charge in [0, 0.05) is 11.5 Å². The lowest BCUT2D eigenvalue weighted by atomic mass is 10.1. The first kappa shape index (κ1) is 11.8. The van der Waals surface area contributed by atoms with Crippen LogP contribution in [0.25, 0.3) is 0 Å². The average molecular weight is 295 g/mol. The summed E-state index contributed by atoms with van der Waals surface area (Å²) in [5.74, 6) is 0.204. The SMILES string of the molecule is Cc1ccc(C(=O)Nc2ncnn2C)c(Br)c1. The second-order valence-corrected chi connectivity index (χ2v) is 4.50. The molecule has 6 heteroatoms. The molecule has 5 nitrogen and oxygen atoms in total. The number of carbonyl (C=O) groups is 1. The van der Waals surface area contributed by atoms with E-state index in [1.807, 2.05) is 19.1 Å². The van der Waals surface area contributed by atoms with Crippen LogP contribution >= 0.6 is 15.9 Å². The maximum absolute atomic E-state index is 12.0. The number of amides is 1. The molecule has 88 valence electrons. The van der Waals surface area contributed by atoms with E-state index in [-0.39, 0.29) is 5.91 Å². The molecule has 0 fully saturated rings. The third kappa shape index (κ3) is 2.52. The maximum Gasteiger partial charge on any atom is 0.259 e. The van der Waals surface area contributed by atoms with E-state index in [9.17, 15) is 4.79 Å². The van der Waals surface area contributed by atoms with E-state index in [0.29, 0.717) is 11.5 Å². The van der Waals surface area contributed by atoms with E-state index < -0.39 is 0 Å². The van der Waals surface area contributed by atoms with Gasteiger partial charge in [-0.15, -0.1) is 0 Å². The highest BCUT2D eigenvalue weighted by Gasteiger charge is 2.12. The number of halogens is 1. The van der Waals surface area contributed by atoms with Crippen LogP contribution in [0.5, 0.6) is 0 Å². The van der Waals surface area contributed by atoms with E-state index in [0.717, 1.165) is 10.0 Å². The Morgan fingerprint density at radius 1 is 1.47 bits per heavy atom. The molecule has 1 aromatic carbocycles. The van der Waals surface area contributed by atoms with Gasteiger partial charge in [-0.2, -0.15) is 10.1 Å². The lowest BCUT2D eigenvalue weighted by molar-refractivity contribution is 0.102. The van der Waals surface area contributed by atoms with E-state index >= 15 is 0 Å². The maximum atomic E-state index is 12.0. The number of hydrogen-bond donors (Lipinski definition) is 1. The molecule has 0 bridgehead atoms. The highest BCUT2D eigenvalue weighted by molar-refractivity contribution is 9.10. The second-order valence-electron chi connectivity index (χ2n) is 3.64. The molecule has 0 radical (unpaired) electrons. The zero-order valence-electron chi connectivity index (χ0n) is 9.44. The van der Waals surface area contributed by atoms with Crippen molar-refractivity contribution >= 4 is 27.8 Å². The molecule has 0 saturated heterocycles. The van der Waals surface area contributed by atoms with Crippen LogP contribution < -0.4 is 5.32 Å². The molecule has 0 aliphatic rings. The van der Waals surface area contributed by atoms with Crippen molar-refractivity contribution in [1.29, 1.82) is 0 Å². The van der Waals surface area contributed by atoms with Gasteiger partial charge in [-0.05, 0) is 40.5 Å². The lowest BCUT2D eigenvalue weighted by Gasteiger charge is -2.06. The molecule has 1 heterocycles. The van der Waals surface area contributed by atoms with Crippen LogP contribution in [0.15, 0.2) is 29.0 Å². The van der Waals surface area contributed by atoms with Gasteiger partial charge in [0.05, 0.1) is 5.56 Å². The molecule has 1 aromatic heterocycles. The lowest BCUT2D eigenvalue weighted by Crippen LogP contribution is -2.15. The fraction of sp³-hybridized carbons (Fsp3) is 0.182. The Balaban J connectivity index is 2.23. The normalized spacial score (nSPS) is 10.3. The van der Waals surface area contributed by atoms with Crippen LogP contribution in [0.1, 0.15) is 15.9 Å². The van der Waals surface area contributed by atoms with Crippen molar-refractivity contribution in [3.05, 3.63) is 40.1 Å². The van der Waals surface area contributed by atoms with Crippen LogP contribution in [0, 0.1) is 6.92 Å². The number of anilines is 1. The second kappa shape index (κ2) is 4.67. The average Bonchev–Trinajstić information content (AvgIpc) is 2.64. The van der Waals surface area contributed by atoms with Crippen molar-refractivity contribution in [3.63, 3.8) is 0 Å². The molecule has 0 aliphatic heterocycles. The molecule has 0 unspecified atom stereocenters. The summed E-state index contributed by atoms with van der Waals surface area (Å²) < 4.78 is 2.26. The van der Waals surface area contributed by atoms with Crippen molar-refractivity contribution in [2.45, 2.75) is 6.92 Å². The molecule has 1 N–H and O–H groups in total. The Labute approximate surface area is 107 Å². The summed E-state index contributed by atoms with van der Waals surface area (Å²) in [7, 11) is 1.72. The van der Waals surface area contributed by atoms with Crippen molar-refractivity contribution < 1.29 is 4.79 Å². The highest BCUT2D eigenvalue weighted by atomic mass is 79.9. The minimum absolute atomic E-state index is 0.215. The summed E-state index contributed by atoms with van der Waals surface area (Å²) in [6, 6.07) is 5.55. The van der Waals surface area contributed by atoms with Gasteiger partial charge in [0.15, 0.2) is 0 Å². The zero-order chi connectivity index (χ0) is 12.4. The third-order valence-electron chi connectivity index (χ3n) is 2.31. The first-order valence-electron chi connectivity index (χ1n) is 4.99. The minimum Gasteiger partial charge on any atom is -0.291 e. The molecule has 17 heavy (non-hydrogen) atoms. The smallest absolute Gasteiger partial charge is 0.259 e. The van der Waals surface area contributed by atoms with Gasteiger partial charge < -0.3 is 0 Å². The topological polar surface area (TPSA) is 59.8 Å².